The zero-order chi connectivity index (χ0) is 19.3. The minimum Gasteiger partial charge on any atom is -0.507 e. The maximum Gasteiger partial charge on any atom is 0.265 e. The molecule has 136 valence electrons. The first-order valence-corrected chi connectivity index (χ1v) is 8.05. The van der Waals surface area contributed by atoms with E-state index in [4.69, 9.17) is 4.74 Å². The third kappa shape index (κ3) is 4.55. The van der Waals surface area contributed by atoms with E-state index >= 15 is 0 Å². The Morgan fingerprint density at radius 2 is 2.00 bits per heavy atom. The molecular formula is C20H21NO5. The first-order valence-electron chi connectivity index (χ1n) is 8.05. The molecule has 1 N–H and O–H groups in total. The SMILES string of the molecule is COCC(=O)Cc1cccc(/C=C/C(=O)c2c(O)cc(C)n(C)c2=O)c1. The Balaban J connectivity index is 2.23. The molecule has 0 fully saturated rings. The zero-order valence-corrected chi connectivity index (χ0v) is 15.0. The molecule has 2 aromatic rings. The number of allylic oxidation sites excluding steroid dienone is 1. The minimum atomic E-state index is -0.580. The first kappa shape index (κ1) is 19.3. The summed E-state index contributed by atoms with van der Waals surface area (Å²) in [7, 11) is 3.01. The smallest absolute Gasteiger partial charge is 0.265 e. The van der Waals surface area contributed by atoms with Gasteiger partial charge < -0.3 is 14.4 Å². The van der Waals surface area contributed by atoms with Crippen molar-refractivity contribution < 1.29 is 19.4 Å². The summed E-state index contributed by atoms with van der Waals surface area (Å²) in [5, 5.41) is 9.94. The number of ketones is 2. The molecule has 0 aliphatic carbocycles. The molecule has 26 heavy (non-hydrogen) atoms. The summed E-state index contributed by atoms with van der Waals surface area (Å²) in [6, 6.07) is 8.53. The fourth-order valence-corrected chi connectivity index (χ4v) is 2.54. The first-order chi connectivity index (χ1) is 12.3. The van der Waals surface area contributed by atoms with E-state index in [1.54, 1.807) is 31.2 Å². The number of carbonyl (C=O) groups is 2. The van der Waals surface area contributed by atoms with Crippen molar-refractivity contribution >= 4 is 17.6 Å². The molecular weight excluding hydrogens is 334 g/mol. The molecule has 0 atom stereocenters. The lowest BCUT2D eigenvalue weighted by Crippen LogP contribution is -2.25. The summed E-state index contributed by atoms with van der Waals surface area (Å²) >= 11 is 0. The van der Waals surface area contributed by atoms with Gasteiger partial charge in [0.1, 0.15) is 17.9 Å². The van der Waals surface area contributed by atoms with Gasteiger partial charge in [-0.2, -0.15) is 0 Å². The Morgan fingerprint density at radius 1 is 1.27 bits per heavy atom. The Bertz CT molecular complexity index is 924. The van der Waals surface area contributed by atoms with Crippen LogP contribution in [-0.2, 0) is 23.0 Å². The molecule has 0 aliphatic heterocycles. The number of nitrogens with zero attached hydrogens (tertiary/aromatic N) is 1. The molecule has 6 heteroatoms. The van der Waals surface area contributed by atoms with Gasteiger partial charge in [-0.25, -0.2) is 0 Å². The molecule has 0 saturated heterocycles. The van der Waals surface area contributed by atoms with Crippen LogP contribution >= 0.6 is 0 Å². The number of hydrogen-bond donors (Lipinski definition) is 1. The normalized spacial score (nSPS) is 11.0. The highest BCUT2D eigenvalue weighted by molar-refractivity contribution is 6.08. The number of rotatable bonds is 7. The maximum atomic E-state index is 12.3. The monoisotopic (exact) mass is 355 g/mol. The van der Waals surface area contributed by atoms with Crippen molar-refractivity contribution in [3.63, 3.8) is 0 Å². The Kier molecular flexibility index (Phi) is 6.25. The fourth-order valence-electron chi connectivity index (χ4n) is 2.54. The Hall–Kier alpha value is -2.99. The van der Waals surface area contributed by atoms with Gasteiger partial charge in [0.2, 0.25) is 0 Å². The molecule has 2 rings (SSSR count). The quantitative estimate of drug-likeness (QED) is 0.607. The van der Waals surface area contributed by atoms with E-state index in [9.17, 15) is 19.5 Å². The van der Waals surface area contributed by atoms with Gasteiger partial charge in [0.15, 0.2) is 11.6 Å². The lowest BCUT2D eigenvalue weighted by molar-refractivity contribution is -0.121. The van der Waals surface area contributed by atoms with Crippen molar-refractivity contribution in [2.45, 2.75) is 13.3 Å². The lowest BCUT2D eigenvalue weighted by atomic mass is 10.0. The summed E-state index contributed by atoms with van der Waals surface area (Å²) in [6.45, 7) is 1.72. The van der Waals surface area contributed by atoms with Crippen LogP contribution in [0.25, 0.3) is 6.08 Å². The lowest BCUT2D eigenvalue weighted by Gasteiger charge is -2.07. The molecule has 0 radical (unpaired) electrons. The van der Waals surface area contributed by atoms with E-state index in [-0.39, 0.29) is 30.1 Å². The number of Topliss-reactive ketones (excluding diaryl/α,β-unsaturated/α-hetero) is 1. The highest BCUT2D eigenvalue weighted by Crippen LogP contribution is 2.16. The van der Waals surface area contributed by atoms with Crippen molar-refractivity contribution in [3.05, 3.63) is 69.1 Å². The van der Waals surface area contributed by atoms with Crippen molar-refractivity contribution in [2.75, 3.05) is 13.7 Å². The zero-order valence-electron chi connectivity index (χ0n) is 15.0. The van der Waals surface area contributed by atoms with E-state index in [0.717, 1.165) is 5.56 Å². The summed E-state index contributed by atoms with van der Waals surface area (Å²) < 4.78 is 6.12. The highest BCUT2D eigenvalue weighted by atomic mass is 16.5. The third-order valence-electron chi connectivity index (χ3n) is 3.98. The number of methoxy groups -OCH3 is 1. The van der Waals surface area contributed by atoms with Crippen LogP contribution in [0.2, 0.25) is 0 Å². The second kappa shape index (κ2) is 8.40. The summed E-state index contributed by atoms with van der Waals surface area (Å²) in [4.78, 5) is 36.2. The highest BCUT2D eigenvalue weighted by Gasteiger charge is 2.16. The van der Waals surface area contributed by atoms with Crippen LogP contribution in [0.1, 0.15) is 27.2 Å². The van der Waals surface area contributed by atoms with Crippen LogP contribution in [-0.4, -0.2) is 35.0 Å². The van der Waals surface area contributed by atoms with Gasteiger partial charge in [-0.15, -0.1) is 0 Å². The van der Waals surface area contributed by atoms with Crippen molar-refractivity contribution in [1.82, 2.24) is 4.57 Å². The van der Waals surface area contributed by atoms with E-state index in [1.165, 1.54) is 30.9 Å². The van der Waals surface area contributed by atoms with Gasteiger partial charge in [-0.05, 0) is 24.1 Å². The van der Waals surface area contributed by atoms with E-state index < -0.39 is 11.3 Å². The predicted octanol–water partition coefficient (Wildman–Crippen LogP) is 2.05. The van der Waals surface area contributed by atoms with Crippen LogP contribution in [0.3, 0.4) is 0 Å². The van der Waals surface area contributed by atoms with Crippen molar-refractivity contribution in [1.29, 1.82) is 0 Å². The van der Waals surface area contributed by atoms with Crippen LogP contribution < -0.4 is 5.56 Å². The number of hydrogen-bond acceptors (Lipinski definition) is 5. The van der Waals surface area contributed by atoms with Gasteiger partial charge in [0.25, 0.3) is 5.56 Å². The number of pyridine rings is 1. The summed E-state index contributed by atoms with van der Waals surface area (Å²) in [6.07, 6.45) is 3.02. The molecule has 1 aromatic carbocycles. The van der Waals surface area contributed by atoms with E-state index in [2.05, 4.69) is 0 Å². The Labute approximate surface area is 151 Å². The van der Waals surface area contributed by atoms with Gasteiger partial charge in [-0.1, -0.05) is 30.3 Å². The molecule has 0 spiro atoms. The van der Waals surface area contributed by atoms with Gasteiger partial charge in [0.05, 0.1) is 0 Å². The number of benzene rings is 1. The summed E-state index contributed by atoms with van der Waals surface area (Å²) in [5.74, 6) is -0.957. The van der Waals surface area contributed by atoms with E-state index in [0.29, 0.717) is 11.3 Å². The average molecular weight is 355 g/mol. The fraction of sp³-hybridized carbons (Fsp3) is 0.250. The molecule has 6 nitrogen and oxygen atoms in total. The van der Waals surface area contributed by atoms with Crippen LogP contribution in [0, 0.1) is 6.92 Å². The van der Waals surface area contributed by atoms with Crippen LogP contribution in [0.15, 0.2) is 41.2 Å². The van der Waals surface area contributed by atoms with Crippen molar-refractivity contribution in [3.8, 4) is 5.75 Å². The molecule has 0 aliphatic rings. The predicted molar refractivity (Wildman–Crippen MR) is 98.5 cm³/mol. The van der Waals surface area contributed by atoms with Crippen LogP contribution in [0.5, 0.6) is 5.75 Å². The summed E-state index contributed by atoms with van der Waals surface area (Å²) in [5.41, 5.74) is 1.26. The van der Waals surface area contributed by atoms with Gasteiger partial charge >= 0.3 is 0 Å². The number of aryl methyl sites for hydroxylation is 1. The van der Waals surface area contributed by atoms with E-state index in [1.807, 2.05) is 6.07 Å². The maximum absolute atomic E-state index is 12.3. The second-order valence-electron chi connectivity index (χ2n) is 6.00. The molecule has 1 heterocycles. The molecule has 0 unspecified atom stereocenters. The number of carbonyl (C=O) groups excluding carboxylic acids is 2. The van der Waals surface area contributed by atoms with Crippen molar-refractivity contribution in [2.24, 2.45) is 7.05 Å². The minimum absolute atomic E-state index is 0.0437. The topological polar surface area (TPSA) is 85.6 Å². The standard InChI is InChI=1S/C20H21NO5/c1-13-9-18(24)19(20(25)21(13)2)17(23)8-7-14-5-4-6-15(10-14)11-16(22)12-26-3/h4-10,24H,11-12H2,1-3H3/b8-7+. The number of ether oxygens (including phenoxy) is 1. The molecule has 1 aromatic heterocycles. The number of aromatic nitrogens is 1. The van der Waals surface area contributed by atoms with Crippen LogP contribution in [0.4, 0.5) is 0 Å². The van der Waals surface area contributed by atoms with Gasteiger partial charge in [-0.3, -0.25) is 14.4 Å². The largest absolute Gasteiger partial charge is 0.507 e. The number of aromatic hydroxyl groups is 1. The molecule has 0 saturated carbocycles. The third-order valence-corrected chi connectivity index (χ3v) is 3.98. The average Bonchev–Trinajstić information content (AvgIpc) is 2.58. The second-order valence-corrected chi connectivity index (χ2v) is 6.00. The molecule has 0 bridgehead atoms. The molecule has 0 amide bonds. The van der Waals surface area contributed by atoms with Gasteiger partial charge in [0, 0.05) is 32.3 Å². The Morgan fingerprint density at radius 3 is 2.69 bits per heavy atom.